The van der Waals surface area contributed by atoms with Gasteiger partial charge in [0.15, 0.2) is 5.78 Å². The number of aldehydes is 1. The molecular formula is C6H10N2O2. The zero-order valence-corrected chi connectivity index (χ0v) is 5.76. The second-order valence-corrected chi connectivity index (χ2v) is 2.44. The lowest BCUT2D eigenvalue weighted by molar-refractivity contribution is -0.129. The van der Waals surface area contributed by atoms with Gasteiger partial charge in [-0.15, -0.1) is 0 Å². The highest BCUT2D eigenvalue weighted by Crippen LogP contribution is 2.01. The van der Waals surface area contributed by atoms with Gasteiger partial charge in [-0.2, -0.15) is 0 Å². The summed E-state index contributed by atoms with van der Waals surface area (Å²) in [6.45, 7) is 2.40. The van der Waals surface area contributed by atoms with E-state index in [4.69, 9.17) is 0 Å². The molecule has 0 aromatic carbocycles. The molecule has 4 heteroatoms. The lowest BCUT2D eigenvalue weighted by Gasteiger charge is -2.23. The second kappa shape index (κ2) is 2.90. The van der Waals surface area contributed by atoms with E-state index in [1.54, 1.807) is 6.92 Å². The Morgan fingerprint density at radius 1 is 1.70 bits per heavy atom. The van der Waals surface area contributed by atoms with Crippen molar-refractivity contribution in [1.29, 1.82) is 0 Å². The van der Waals surface area contributed by atoms with Crippen LogP contribution in [0.4, 0.5) is 0 Å². The number of hydrazine groups is 1. The van der Waals surface area contributed by atoms with Crippen molar-refractivity contribution < 1.29 is 9.59 Å². The molecule has 0 aromatic rings. The van der Waals surface area contributed by atoms with Crippen molar-refractivity contribution in [3.05, 3.63) is 0 Å². The first kappa shape index (κ1) is 7.37. The lowest BCUT2D eigenvalue weighted by atomic mass is 10.00. The molecular weight excluding hydrogens is 132 g/mol. The third-order valence-electron chi connectivity index (χ3n) is 1.59. The molecule has 0 radical (unpaired) electrons. The monoisotopic (exact) mass is 142 g/mol. The molecule has 56 valence electrons. The number of nitrogens with one attached hydrogen (secondary N) is 2. The van der Waals surface area contributed by atoms with Crippen LogP contribution in [0.5, 0.6) is 0 Å². The minimum atomic E-state index is -0.649. The van der Waals surface area contributed by atoms with Crippen LogP contribution < -0.4 is 10.9 Å². The first-order valence-electron chi connectivity index (χ1n) is 3.23. The van der Waals surface area contributed by atoms with E-state index in [1.165, 1.54) is 0 Å². The summed E-state index contributed by atoms with van der Waals surface area (Å²) < 4.78 is 0. The van der Waals surface area contributed by atoms with Gasteiger partial charge in [-0.3, -0.25) is 10.2 Å². The van der Waals surface area contributed by atoms with Gasteiger partial charge in [0.25, 0.3) is 0 Å². The smallest absolute Gasteiger partial charge is 0.162 e. The largest absolute Gasteiger partial charge is 0.301 e. The number of hydrogen-bond acceptors (Lipinski definition) is 4. The summed E-state index contributed by atoms with van der Waals surface area (Å²) in [6, 6.07) is -0.649. The molecule has 0 aromatic heterocycles. The van der Waals surface area contributed by atoms with E-state index in [0.29, 0.717) is 12.8 Å². The SMILES string of the molecule is CC1CNNC(C=O)C1=O. The third kappa shape index (κ3) is 1.22. The summed E-state index contributed by atoms with van der Waals surface area (Å²) in [4.78, 5) is 21.2. The zero-order chi connectivity index (χ0) is 7.56. The molecule has 1 heterocycles. The fourth-order valence-corrected chi connectivity index (χ4v) is 0.901. The summed E-state index contributed by atoms with van der Waals surface area (Å²) in [7, 11) is 0. The Kier molecular flexibility index (Phi) is 2.13. The number of ketones is 1. The second-order valence-electron chi connectivity index (χ2n) is 2.44. The Hall–Kier alpha value is -0.740. The highest BCUT2D eigenvalue weighted by molar-refractivity contribution is 5.99. The minimum Gasteiger partial charge on any atom is -0.301 e. The molecule has 1 fully saturated rings. The van der Waals surface area contributed by atoms with Crippen molar-refractivity contribution in [2.45, 2.75) is 13.0 Å². The van der Waals surface area contributed by atoms with E-state index in [2.05, 4.69) is 10.9 Å². The topological polar surface area (TPSA) is 58.2 Å². The first-order valence-corrected chi connectivity index (χ1v) is 3.23. The van der Waals surface area contributed by atoms with Gasteiger partial charge in [0.05, 0.1) is 0 Å². The number of Topliss-reactive ketones (excluding diaryl/α,β-unsaturated/α-hetero) is 1. The van der Waals surface area contributed by atoms with E-state index >= 15 is 0 Å². The van der Waals surface area contributed by atoms with Gasteiger partial charge >= 0.3 is 0 Å². The molecule has 1 aliphatic heterocycles. The fraction of sp³-hybridized carbons (Fsp3) is 0.667. The summed E-state index contributed by atoms with van der Waals surface area (Å²) >= 11 is 0. The van der Waals surface area contributed by atoms with E-state index in [0.717, 1.165) is 0 Å². The van der Waals surface area contributed by atoms with E-state index in [9.17, 15) is 9.59 Å². The quantitative estimate of drug-likeness (QED) is 0.359. The highest BCUT2D eigenvalue weighted by atomic mass is 16.1. The molecule has 4 nitrogen and oxygen atoms in total. The summed E-state index contributed by atoms with van der Waals surface area (Å²) in [5.74, 6) is -0.0924. The average molecular weight is 142 g/mol. The number of carbonyl (C=O) groups excluding carboxylic acids is 2. The molecule has 0 bridgehead atoms. The van der Waals surface area contributed by atoms with Crippen LogP contribution in [0.3, 0.4) is 0 Å². The van der Waals surface area contributed by atoms with Crippen molar-refractivity contribution in [2.24, 2.45) is 5.92 Å². The molecule has 2 N–H and O–H groups in total. The van der Waals surface area contributed by atoms with Gasteiger partial charge in [-0.05, 0) is 0 Å². The molecule has 2 unspecified atom stereocenters. The Balaban J connectivity index is 2.59. The molecule has 0 saturated carbocycles. The van der Waals surface area contributed by atoms with Gasteiger partial charge < -0.3 is 4.79 Å². The zero-order valence-electron chi connectivity index (χ0n) is 5.76. The van der Waals surface area contributed by atoms with Crippen LogP contribution in [-0.2, 0) is 9.59 Å². The normalized spacial score (nSPS) is 33.9. The average Bonchev–Trinajstić information content (AvgIpc) is 1.95. The maximum Gasteiger partial charge on any atom is 0.162 e. The number of carbonyl (C=O) groups is 2. The predicted molar refractivity (Wildman–Crippen MR) is 35.2 cm³/mol. The molecule has 1 aliphatic rings. The Morgan fingerprint density at radius 2 is 2.40 bits per heavy atom. The van der Waals surface area contributed by atoms with Crippen LogP contribution in [0.2, 0.25) is 0 Å². The standard InChI is InChI=1S/C6H10N2O2/c1-4-2-7-8-5(3-9)6(4)10/h3-5,7-8H,2H2,1H3. The maximum absolute atomic E-state index is 11.0. The Labute approximate surface area is 59.0 Å². The molecule has 10 heavy (non-hydrogen) atoms. The number of hydrogen-bond donors (Lipinski definition) is 2. The van der Waals surface area contributed by atoms with Crippen molar-refractivity contribution in [1.82, 2.24) is 10.9 Å². The number of rotatable bonds is 1. The molecule has 1 rings (SSSR count). The van der Waals surface area contributed by atoms with Crippen molar-refractivity contribution >= 4 is 12.1 Å². The van der Waals surface area contributed by atoms with E-state index in [1.807, 2.05) is 0 Å². The fourth-order valence-electron chi connectivity index (χ4n) is 0.901. The third-order valence-corrected chi connectivity index (χ3v) is 1.59. The van der Waals surface area contributed by atoms with Gasteiger partial charge in [0.1, 0.15) is 12.3 Å². The highest BCUT2D eigenvalue weighted by Gasteiger charge is 2.26. The van der Waals surface area contributed by atoms with Gasteiger partial charge in [-0.25, -0.2) is 5.43 Å². The molecule has 1 saturated heterocycles. The van der Waals surface area contributed by atoms with Gasteiger partial charge in [0, 0.05) is 12.5 Å². The molecule has 0 amide bonds. The van der Waals surface area contributed by atoms with Crippen molar-refractivity contribution in [2.75, 3.05) is 6.54 Å². The predicted octanol–water partition coefficient (Wildman–Crippen LogP) is -1.13. The minimum absolute atomic E-state index is 0.0336. The van der Waals surface area contributed by atoms with Crippen LogP contribution in [0, 0.1) is 5.92 Å². The Bertz CT molecular complexity index is 158. The summed E-state index contributed by atoms with van der Waals surface area (Å²) in [5.41, 5.74) is 5.35. The van der Waals surface area contributed by atoms with Crippen molar-refractivity contribution in [3.63, 3.8) is 0 Å². The summed E-state index contributed by atoms with van der Waals surface area (Å²) in [5, 5.41) is 0. The van der Waals surface area contributed by atoms with Crippen molar-refractivity contribution in [3.8, 4) is 0 Å². The maximum atomic E-state index is 11.0. The summed E-state index contributed by atoms with van der Waals surface area (Å²) in [6.07, 6.45) is 0.616. The van der Waals surface area contributed by atoms with E-state index in [-0.39, 0.29) is 11.7 Å². The van der Waals surface area contributed by atoms with Crippen LogP contribution in [0.25, 0.3) is 0 Å². The van der Waals surface area contributed by atoms with Crippen LogP contribution in [-0.4, -0.2) is 24.7 Å². The van der Waals surface area contributed by atoms with Crippen LogP contribution in [0.15, 0.2) is 0 Å². The Morgan fingerprint density at radius 3 is 2.90 bits per heavy atom. The molecule has 0 spiro atoms. The van der Waals surface area contributed by atoms with Gasteiger partial charge in [0.2, 0.25) is 0 Å². The van der Waals surface area contributed by atoms with Crippen LogP contribution in [0.1, 0.15) is 6.92 Å². The first-order chi connectivity index (χ1) is 4.75. The molecule has 0 aliphatic carbocycles. The molecule has 2 atom stereocenters. The van der Waals surface area contributed by atoms with Crippen LogP contribution >= 0.6 is 0 Å². The van der Waals surface area contributed by atoms with Gasteiger partial charge in [-0.1, -0.05) is 6.92 Å². The lowest BCUT2D eigenvalue weighted by Crippen LogP contribution is -2.56. The van der Waals surface area contributed by atoms with E-state index < -0.39 is 6.04 Å².